The van der Waals surface area contributed by atoms with Gasteiger partial charge in [-0.2, -0.15) is 4.98 Å². The first-order valence-electron chi connectivity index (χ1n) is 5.12. The molecule has 1 amide bonds. The molecule has 2 rings (SSSR count). The molecule has 96 valence electrons. The zero-order chi connectivity index (χ0) is 13.1. The lowest BCUT2D eigenvalue weighted by atomic mass is 10.3. The summed E-state index contributed by atoms with van der Waals surface area (Å²) >= 11 is 5.53. The average Bonchev–Trinajstić information content (AvgIpc) is 2.83. The topological polar surface area (TPSA) is 138 Å². The highest BCUT2D eigenvalue weighted by Gasteiger charge is 2.19. The maximum atomic E-state index is 11.4. The summed E-state index contributed by atoms with van der Waals surface area (Å²) in [4.78, 5) is 17.8. The number of primary amides is 1. The number of nitrogens with two attached hydrogens (primary N) is 1. The van der Waals surface area contributed by atoms with Gasteiger partial charge < -0.3 is 16.8 Å². The Morgan fingerprint density at radius 3 is 3.00 bits per heavy atom. The van der Waals surface area contributed by atoms with E-state index in [1.165, 1.54) is 10.7 Å². The fourth-order valence-corrected chi connectivity index (χ4v) is 1.64. The van der Waals surface area contributed by atoms with E-state index in [1.807, 2.05) is 0 Å². The van der Waals surface area contributed by atoms with E-state index in [1.54, 1.807) is 0 Å². The molecule has 0 aliphatic carbocycles. The van der Waals surface area contributed by atoms with Crippen LogP contribution in [0.1, 0.15) is 10.4 Å². The fourth-order valence-electron chi connectivity index (χ4n) is 1.50. The van der Waals surface area contributed by atoms with E-state index in [9.17, 15) is 4.79 Å². The molecule has 2 aromatic rings. The number of halogens is 1. The molecular weight excluding hydrogens is 260 g/mol. The van der Waals surface area contributed by atoms with Gasteiger partial charge >= 0.3 is 0 Å². The van der Waals surface area contributed by atoms with E-state index in [2.05, 4.69) is 31.1 Å². The minimum Gasteiger partial charge on any atom is -0.365 e. The van der Waals surface area contributed by atoms with Crippen LogP contribution in [-0.4, -0.2) is 38.6 Å². The number of anilines is 2. The minimum atomic E-state index is -0.688. The number of nitrogens with one attached hydrogen (secondary N) is 2. The Hall–Kier alpha value is -2.13. The molecule has 0 spiro atoms. The van der Waals surface area contributed by atoms with Gasteiger partial charge in [-0.15, -0.1) is 10.2 Å². The molecule has 0 atom stereocenters. The highest BCUT2D eigenvalue weighted by Crippen LogP contribution is 2.21. The van der Waals surface area contributed by atoms with Crippen molar-refractivity contribution in [3.8, 4) is 0 Å². The molecule has 0 bridgehead atoms. The van der Waals surface area contributed by atoms with Crippen molar-refractivity contribution in [1.82, 2.24) is 19.6 Å². The second-order valence-electron chi connectivity index (χ2n) is 3.42. The van der Waals surface area contributed by atoms with Crippen molar-refractivity contribution in [1.29, 1.82) is 0 Å². The number of carbonyl (C=O) groups excluding carboxylic acids is 1. The van der Waals surface area contributed by atoms with Gasteiger partial charge in [0.2, 0.25) is 5.95 Å². The molecule has 0 radical (unpaired) electrons. The standard InChI is InChI=1S/C8H11ClN8O/c9-15-6-4(5(11)18)7-16-13-3-17(7)8(14-6)12-2-1-10/h3,15H,1-2,10H2,(H2,11,18)(H,12,14)/p+1. The van der Waals surface area contributed by atoms with Crippen LogP contribution in [0, 0.1) is 0 Å². The van der Waals surface area contributed by atoms with Gasteiger partial charge in [0, 0.05) is 11.8 Å². The zero-order valence-electron chi connectivity index (χ0n) is 9.35. The summed E-state index contributed by atoms with van der Waals surface area (Å²) in [5.41, 5.74) is 9.36. The highest BCUT2D eigenvalue weighted by molar-refractivity contribution is 6.25. The minimum absolute atomic E-state index is 0.0858. The molecule has 0 unspecified atom stereocenters. The van der Waals surface area contributed by atoms with Crippen LogP contribution < -0.4 is 21.6 Å². The molecule has 0 saturated heterocycles. The van der Waals surface area contributed by atoms with Gasteiger partial charge in [0.05, 0.1) is 13.1 Å². The normalized spacial score (nSPS) is 10.6. The summed E-state index contributed by atoms with van der Waals surface area (Å²) in [6, 6.07) is 0. The van der Waals surface area contributed by atoms with Crippen LogP contribution >= 0.6 is 11.8 Å². The van der Waals surface area contributed by atoms with Gasteiger partial charge in [0.15, 0.2) is 11.5 Å². The highest BCUT2D eigenvalue weighted by atomic mass is 35.5. The number of amides is 1. The van der Waals surface area contributed by atoms with Crippen LogP contribution in [0.2, 0.25) is 0 Å². The number of quaternary nitrogens is 1. The van der Waals surface area contributed by atoms with Gasteiger partial charge in [-0.25, -0.2) is 0 Å². The van der Waals surface area contributed by atoms with E-state index < -0.39 is 5.91 Å². The van der Waals surface area contributed by atoms with Crippen LogP contribution in [-0.2, 0) is 0 Å². The predicted molar refractivity (Wildman–Crippen MR) is 65.0 cm³/mol. The Kier molecular flexibility index (Phi) is 3.44. The molecule has 10 heteroatoms. The number of carbonyl (C=O) groups is 1. The number of fused-ring (bicyclic) bond motifs is 1. The summed E-state index contributed by atoms with van der Waals surface area (Å²) in [7, 11) is 0. The van der Waals surface area contributed by atoms with Gasteiger partial charge in [-0.1, -0.05) is 0 Å². The summed E-state index contributed by atoms with van der Waals surface area (Å²) in [6.45, 7) is 1.28. The van der Waals surface area contributed by atoms with Crippen LogP contribution in [0.3, 0.4) is 0 Å². The Labute approximate surface area is 107 Å². The first-order chi connectivity index (χ1) is 8.69. The van der Waals surface area contributed by atoms with Crippen molar-refractivity contribution in [3.63, 3.8) is 0 Å². The molecule has 2 heterocycles. The van der Waals surface area contributed by atoms with Gasteiger partial charge in [-0.05, 0) is 0 Å². The molecule has 18 heavy (non-hydrogen) atoms. The number of nitrogens with zero attached hydrogens (tertiary/aromatic N) is 4. The summed E-state index contributed by atoms with van der Waals surface area (Å²) in [5, 5.41) is 10.6. The molecule has 0 aliphatic rings. The Morgan fingerprint density at radius 1 is 1.61 bits per heavy atom. The SMILES string of the molecule is NC(=O)c1c(NCl)nc(NCC[NH3+])n2cnnc12. The second-order valence-corrected chi connectivity index (χ2v) is 3.61. The molecule has 0 aliphatic heterocycles. The summed E-state index contributed by atoms with van der Waals surface area (Å²) < 4.78 is 1.52. The largest absolute Gasteiger partial charge is 0.365 e. The first kappa shape index (κ1) is 12.3. The third-order valence-corrected chi connectivity index (χ3v) is 2.43. The molecule has 0 fully saturated rings. The zero-order valence-corrected chi connectivity index (χ0v) is 10.1. The smallest absolute Gasteiger partial charge is 0.256 e. The quantitative estimate of drug-likeness (QED) is 0.485. The van der Waals surface area contributed by atoms with E-state index >= 15 is 0 Å². The van der Waals surface area contributed by atoms with Crippen LogP contribution in [0.15, 0.2) is 6.33 Å². The van der Waals surface area contributed by atoms with Crippen LogP contribution in [0.4, 0.5) is 11.8 Å². The second kappa shape index (κ2) is 5.02. The lowest BCUT2D eigenvalue weighted by Gasteiger charge is -2.10. The third-order valence-electron chi connectivity index (χ3n) is 2.25. The Morgan fingerprint density at radius 2 is 2.39 bits per heavy atom. The average molecular weight is 272 g/mol. The number of rotatable bonds is 5. The number of hydrogen-bond acceptors (Lipinski definition) is 6. The predicted octanol–water partition coefficient (Wildman–Crippen LogP) is -1.56. The van der Waals surface area contributed by atoms with Gasteiger partial charge in [0.1, 0.15) is 11.9 Å². The molecule has 0 aromatic carbocycles. The Balaban J connectivity index is 2.64. The first-order valence-corrected chi connectivity index (χ1v) is 5.50. The summed E-state index contributed by atoms with van der Waals surface area (Å²) in [6.07, 6.45) is 1.43. The van der Waals surface area contributed by atoms with Crippen molar-refractivity contribution in [2.24, 2.45) is 5.73 Å². The number of aromatic nitrogens is 4. The molecule has 9 nitrogen and oxygen atoms in total. The van der Waals surface area contributed by atoms with E-state index in [0.29, 0.717) is 19.0 Å². The van der Waals surface area contributed by atoms with E-state index in [-0.39, 0.29) is 17.0 Å². The van der Waals surface area contributed by atoms with Crippen molar-refractivity contribution >= 4 is 35.1 Å². The van der Waals surface area contributed by atoms with Gasteiger partial charge in [-0.3, -0.25) is 14.0 Å². The summed E-state index contributed by atoms with van der Waals surface area (Å²) in [5.74, 6) is -0.101. The maximum Gasteiger partial charge on any atom is 0.256 e. The lowest BCUT2D eigenvalue weighted by molar-refractivity contribution is -0.362. The van der Waals surface area contributed by atoms with Crippen molar-refractivity contribution in [2.75, 3.05) is 23.2 Å². The lowest BCUT2D eigenvalue weighted by Crippen LogP contribution is -2.53. The van der Waals surface area contributed by atoms with E-state index in [4.69, 9.17) is 17.5 Å². The third kappa shape index (κ3) is 2.00. The number of hydrogen-bond donors (Lipinski definition) is 4. The Bertz CT molecular complexity index is 582. The van der Waals surface area contributed by atoms with Crippen LogP contribution in [0.5, 0.6) is 0 Å². The molecule has 0 saturated carbocycles. The van der Waals surface area contributed by atoms with Crippen molar-refractivity contribution in [2.45, 2.75) is 0 Å². The van der Waals surface area contributed by atoms with Gasteiger partial charge in [0.25, 0.3) is 5.91 Å². The molecular formula is C8H12ClN8O+. The van der Waals surface area contributed by atoms with E-state index in [0.717, 1.165) is 0 Å². The monoisotopic (exact) mass is 271 g/mol. The molecule has 7 N–H and O–H groups in total. The molecule has 2 aromatic heterocycles. The maximum absolute atomic E-state index is 11.4. The fraction of sp³-hybridized carbons (Fsp3) is 0.250. The van der Waals surface area contributed by atoms with Crippen molar-refractivity contribution < 1.29 is 10.5 Å². The van der Waals surface area contributed by atoms with Crippen molar-refractivity contribution in [3.05, 3.63) is 11.9 Å². The van der Waals surface area contributed by atoms with Crippen LogP contribution in [0.25, 0.3) is 5.65 Å².